The van der Waals surface area contributed by atoms with Gasteiger partial charge in [-0.15, -0.1) is 0 Å². The highest BCUT2D eigenvalue weighted by atomic mass is 32.2. The van der Waals surface area contributed by atoms with E-state index in [9.17, 15) is 19.3 Å². The van der Waals surface area contributed by atoms with Crippen LogP contribution in [-0.4, -0.2) is 22.3 Å². The highest BCUT2D eigenvalue weighted by Crippen LogP contribution is 2.38. The standard InChI is InChI=1S/C24H17FN2O5S2/c1-31-20-9-6-18(7-10-20)26-23(28)22(34-24(26)33)13-16-12-19(27(29)30)8-11-21(16)32-14-15-2-4-17(25)5-3-15/h2-13H,14H2,1H3/b22-13+. The second-order valence-electron chi connectivity index (χ2n) is 7.11. The largest absolute Gasteiger partial charge is 0.497 e. The molecule has 1 saturated heterocycles. The number of nitro groups is 1. The minimum absolute atomic E-state index is 0.117. The van der Waals surface area contributed by atoms with Crippen LogP contribution < -0.4 is 14.4 Å². The summed E-state index contributed by atoms with van der Waals surface area (Å²) in [5.41, 5.74) is 1.51. The van der Waals surface area contributed by atoms with Crippen molar-refractivity contribution in [3.8, 4) is 11.5 Å². The topological polar surface area (TPSA) is 81.9 Å². The molecule has 1 amide bonds. The second kappa shape index (κ2) is 10.0. The number of hydrogen-bond donors (Lipinski definition) is 0. The number of nitro benzene ring substituents is 1. The van der Waals surface area contributed by atoms with Crippen LogP contribution in [0.5, 0.6) is 11.5 Å². The Labute approximate surface area is 203 Å². The van der Waals surface area contributed by atoms with Crippen molar-refractivity contribution in [2.75, 3.05) is 12.0 Å². The summed E-state index contributed by atoms with van der Waals surface area (Å²) in [4.78, 5) is 25.6. The van der Waals surface area contributed by atoms with Gasteiger partial charge in [0.05, 0.1) is 22.6 Å². The van der Waals surface area contributed by atoms with Gasteiger partial charge < -0.3 is 9.47 Å². The van der Waals surface area contributed by atoms with E-state index in [0.29, 0.717) is 32.0 Å². The molecule has 0 saturated carbocycles. The summed E-state index contributed by atoms with van der Waals surface area (Å²) < 4.78 is 24.5. The quantitative estimate of drug-likeness (QED) is 0.179. The molecule has 1 heterocycles. The molecule has 172 valence electrons. The number of anilines is 1. The second-order valence-corrected chi connectivity index (χ2v) is 8.79. The SMILES string of the molecule is COc1ccc(N2C(=O)/C(=C\c3cc([N+](=O)[O-])ccc3OCc3ccc(F)cc3)SC2=S)cc1. The number of nitrogens with zero attached hydrogens (tertiary/aromatic N) is 2. The number of thiocarbonyl (C=S) groups is 1. The molecular weight excluding hydrogens is 479 g/mol. The van der Waals surface area contributed by atoms with Gasteiger partial charge in [-0.25, -0.2) is 4.39 Å². The number of halogens is 1. The molecule has 0 aromatic heterocycles. The number of non-ortho nitro benzene ring substituents is 1. The van der Waals surface area contributed by atoms with Crippen molar-refractivity contribution < 1.29 is 23.6 Å². The Morgan fingerprint density at radius 3 is 2.47 bits per heavy atom. The predicted molar refractivity (Wildman–Crippen MR) is 132 cm³/mol. The van der Waals surface area contributed by atoms with Gasteiger partial charge >= 0.3 is 0 Å². The van der Waals surface area contributed by atoms with Crippen LogP contribution in [0.3, 0.4) is 0 Å². The number of carbonyl (C=O) groups is 1. The van der Waals surface area contributed by atoms with Crippen LogP contribution in [0.25, 0.3) is 6.08 Å². The number of rotatable bonds is 7. The van der Waals surface area contributed by atoms with Crippen LogP contribution in [-0.2, 0) is 11.4 Å². The van der Waals surface area contributed by atoms with E-state index in [1.54, 1.807) is 43.5 Å². The van der Waals surface area contributed by atoms with Gasteiger partial charge in [0, 0.05) is 17.7 Å². The summed E-state index contributed by atoms with van der Waals surface area (Å²) in [6, 6.07) is 16.8. The average Bonchev–Trinajstić information content (AvgIpc) is 3.11. The van der Waals surface area contributed by atoms with Crippen LogP contribution in [0, 0.1) is 15.9 Å². The third kappa shape index (κ3) is 5.08. The first-order valence-corrected chi connectivity index (χ1v) is 11.2. The number of methoxy groups -OCH3 is 1. The summed E-state index contributed by atoms with van der Waals surface area (Å²) in [6.07, 6.45) is 1.52. The molecule has 3 aromatic carbocycles. The summed E-state index contributed by atoms with van der Waals surface area (Å²) in [6.45, 7) is 0.117. The van der Waals surface area contributed by atoms with Gasteiger partial charge in [-0.3, -0.25) is 19.8 Å². The van der Waals surface area contributed by atoms with Gasteiger partial charge in [-0.1, -0.05) is 36.1 Å². The Kier molecular flexibility index (Phi) is 6.90. The Morgan fingerprint density at radius 1 is 1.12 bits per heavy atom. The summed E-state index contributed by atoms with van der Waals surface area (Å²) >= 11 is 6.50. The van der Waals surface area contributed by atoms with Crippen molar-refractivity contribution in [2.24, 2.45) is 0 Å². The van der Waals surface area contributed by atoms with Gasteiger partial charge in [0.25, 0.3) is 11.6 Å². The van der Waals surface area contributed by atoms with Crippen LogP contribution >= 0.6 is 24.0 Å². The molecule has 0 aliphatic carbocycles. The first-order chi connectivity index (χ1) is 16.4. The van der Waals surface area contributed by atoms with Crippen LogP contribution in [0.2, 0.25) is 0 Å². The number of hydrogen-bond acceptors (Lipinski definition) is 7. The van der Waals surface area contributed by atoms with Crippen molar-refractivity contribution in [1.29, 1.82) is 0 Å². The number of benzene rings is 3. The third-order valence-electron chi connectivity index (χ3n) is 4.92. The van der Waals surface area contributed by atoms with Crippen LogP contribution in [0.1, 0.15) is 11.1 Å². The number of carbonyl (C=O) groups excluding carboxylic acids is 1. The molecule has 0 unspecified atom stereocenters. The summed E-state index contributed by atoms with van der Waals surface area (Å²) in [5, 5.41) is 11.3. The first kappa shape index (κ1) is 23.4. The van der Waals surface area contributed by atoms with E-state index in [4.69, 9.17) is 21.7 Å². The molecule has 1 aliphatic heterocycles. The zero-order chi connectivity index (χ0) is 24.2. The molecule has 34 heavy (non-hydrogen) atoms. The molecule has 1 fully saturated rings. The smallest absolute Gasteiger partial charge is 0.270 e. The molecule has 0 N–H and O–H groups in total. The maximum absolute atomic E-state index is 13.2. The van der Waals surface area contributed by atoms with Gasteiger partial charge in [-0.05, 0) is 54.1 Å². The zero-order valence-electron chi connectivity index (χ0n) is 17.8. The molecule has 0 bridgehead atoms. The Hall–Kier alpha value is -3.76. The number of thioether (sulfide) groups is 1. The Bertz CT molecular complexity index is 1290. The lowest BCUT2D eigenvalue weighted by atomic mass is 10.1. The molecule has 3 aromatic rings. The highest BCUT2D eigenvalue weighted by molar-refractivity contribution is 8.27. The van der Waals surface area contributed by atoms with E-state index < -0.39 is 4.92 Å². The van der Waals surface area contributed by atoms with E-state index in [1.165, 1.54) is 41.3 Å². The van der Waals surface area contributed by atoms with Gasteiger partial charge in [0.2, 0.25) is 0 Å². The van der Waals surface area contributed by atoms with Crippen molar-refractivity contribution in [1.82, 2.24) is 0 Å². The Balaban J connectivity index is 1.63. The van der Waals surface area contributed by atoms with Crippen molar-refractivity contribution >= 4 is 51.7 Å². The van der Waals surface area contributed by atoms with E-state index in [-0.39, 0.29) is 24.0 Å². The van der Waals surface area contributed by atoms with E-state index in [0.717, 1.165) is 17.3 Å². The average molecular weight is 497 g/mol. The zero-order valence-corrected chi connectivity index (χ0v) is 19.4. The predicted octanol–water partition coefficient (Wildman–Crippen LogP) is 5.73. The fourth-order valence-electron chi connectivity index (χ4n) is 3.20. The molecule has 0 atom stereocenters. The van der Waals surface area contributed by atoms with Gasteiger partial charge in [0.15, 0.2) is 4.32 Å². The number of ether oxygens (including phenoxy) is 2. The molecular formula is C24H17FN2O5S2. The van der Waals surface area contributed by atoms with Crippen LogP contribution in [0.15, 0.2) is 71.6 Å². The Morgan fingerprint density at radius 2 is 1.82 bits per heavy atom. The lowest BCUT2D eigenvalue weighted by Crippen LogP contribution is -2.27. The van der Waals surface area contributed by atoms with E-state index >= 15 is 0 Å². The minimum Gasteiger partial charge on any atom is -0.497 e. The summed E-state index contributed by atoms with van der Waals surface area (Å²) in [5.74, 6) is 0.267. The monoisotopic (exact) mass is 496 g/mol. The highest BCUT2D eigenvalue weighted by Gasteiger charge is 2.33. The third-order valence-corrected chi connectivity index (χ3v) is 6.22. The molecule has 0 spiro atoms. The van der Waals surface area contributed by atoms with Crippen molar-refractivity contribution in [2.45, 2.75) is 6.61 Å². The molecule has 4 rings (SSSR count). The van der Waals surface area contributed by atoms with Gasteiger partial charge in [-0.2, -0.15) is 0 Å². The van der Waals surface area contributed by atoms with Gasteiger partial charge in [0.1, 0.15) is 23.9 Å². The van der Waals surface area contributed by atoms with Crippen molar-refractivity contribution in [3.05, 3.63) is 98.7 Å². The lowest BCUT2D eigenvalue weighted by Gasteiger charge is -2.14. The van der Waals surface area contributed by atoms with Crippen molar-refractivity contribution in [3.63, 3.8) is 0 Å². The molecule has 10 heteroatoms. The maximum atomic E-state index is 13.2. The fourth-order valence-corrected chi connectivity index (χ4v) is 4.49. The lowest BCUT2D eigenvalue weighted by molar-refractivity contribution is -0.384. The van der Waals surface area contributed by atoms with Crippen LogP contribution in [0.4, 0.5) is 15.8 Å². The normalized spacial score (nSPS) is 14.5. The molecule has 0 radical (unpaired) electrons. The molecule has 1 aliphatic rings. The summed E-state index contributed by atoms with van der Waals surface area (Å²) in [7, 11) is 1.55. The van der Waals surface area contributed by atoms with E-state index in [1.807, 2.05) is 0 Å². The number of amides is 1. The maximum Gasteiger partial charge on any atom is 0.270 e. The fraction of sp³-hybridized carbons (Fsp3) is 0.0833. The molecule has 7 nitrogen and oxygen atoms in total. The minimum atomic E-state index is -0.524. The first-order valence-electron chi connectivity index (χ1n) is 9.93. The van der Waals surface area contributed by atoms with E-state index in [2.05, 4.69) is 0 Å².